The molecule has 0 aromatic heterocycles. The van der Waals surface area contributed by atoms with Gasteiger partial charge in [0.1, 0.15) is 12.2 Å². The van der Waals surface area contributed by atoms with Crippen molar-refractivity contribution in [3.63, 3.8) is 0 Å². The second-order valence-corrected chi connectivity index (χ2v) is 6.24. The molecule has 2 aromatic rings. The summed E-state index contributed by atoms with van der Waals surface area (Å²) in [6, 6.07) is 14.9. The molecular formula is C22H28N4O3. The summed E-state index contributed by atoms with van der Waals surface area (Å²) >= 11 is 0. The molecule has 0 saturated carbocycles. The van der Waals surface area contributed by atoms with Gasteiger partial charge in [-0.2, -0.15) is 5.10 Å². The number of rotatable bonds is 10. The third kappa shape index (κ3) is 7.29. The molecule has 2 rings (SSSR count). The van der Waals surface area contributed by atoms with Crippen molar-refractivity contribution in [2.24, 2.45) is 5.10 Å². The number of hydrazone groups is 1. The van der Waals surface area contributed by atoms with E-state index in [0.717, 1.165) is 30.1 Å². The molecule has 2 aromatic carbocycles. The van der Waals surface area contributed by atoms with Crippen LogP contribution in [0.4, 0.5) is 11.4 Å². The molecule has 7 heteroatoms. The highest BCUT2D eigenvalue weighted by molar-refractivity contribution is 6.03. The molecule has 2 amide bonds. The molecule has 7 nitrogen and oxygen atoms in total. The minimum atomic E-state index is -0.482. The maximum absolute atomic E-state index is 12.0. The Hall–Kier alpha value is -3.35. The van der Waals surface area contributed by atoms with E-state index in [1.54, 1.807) is 30.5 Å². The molecule has 0 fully saturated rings. The molecule has 0 aliphatic heterocycles. The quantitative estimate of drug-likeness (QED) is 0.366. The minimum Gasteiger partial charge on any atom is -0.494 e. The molecule has 154 valence electrons. The van der Waals surface area contributed by atoms with Crippen LogP contribution in [0.5, 0.6) is 5.75 Å². The largest absolute Gasteiger partial charge is 0.494 e. The smallest absolute Gasteiger partial charge is 0.249 e. The Morgan fingerprint density at radius 3 is 2.21 bits per heavy atom. The van der Waals surface area contributed by atoms with Crippen LogP contribution in [0.25, 0.3) is 0 Å². The fourth-order valence-corrected chi connectivity index (χ4v) is 2.73. The number of anilines is 2. The third-order valence-corrected chi connectivity index (χ3v) is 4.19. The molecule has 0 atom stereocenters. The zero-order chi connectivity index (χ0) is 21.1. The summed E-state index contributed by atoms with van der Waals surface area (Å²) in [6.45, 7) is 8.59. The van der Waals surface area contributed by atoms with Crippen LogP contribution in [0.15, 0.2) is 53.6 Å². The van der Waals surface area contributed by atoms with Crippen molar-refractivity contribution in [3.8, 4) is 5.75 Å². The van der Waals surface area contributed by atoms with Gasteiger partial charge in [-0.05, 0) is 62.7 Å². The number of ether oxygens (including phenoxy) is 1. The predicted molar refractivity (Wildman–Crippen MR) is 117 cm³/mol. The van der Waals surface area contributed by atoms with Crippen molar-refractivity contribution in [1.82, 2.24) is 5.43 Å². The average molecular weight is 396 g/mol. The Bertz CT molecular complexity index is 813. The molecule has 0 heterocycles. The third-order valence-electron chi connectivity index (χ3n) is 4.19. The first-order chi connectivity index (χ1) is 14.0. The summed E-state index contributed by atoms with van der Waals surface area (Å²) in [6.07, 6.45) is 1.24. The van der Waals surface area contributed by atoms with Crippen molar-refractivity contribution < 1.29 is 14.3 Å². The molecular weight excluding hydrogens is 368 g/mol. The van der Waals surface area contributed by atoms with Crippen LogP contribution in [0.1, 0.15) is 32.8 Å². The summed E-state index contributed by atoms with van der Waals surface area (Å²) in [5.74, 6) is -0.169. The number of hydrogen-bond donors (Lipinski definition) is 2. The lowest BCUT2D eigenvalue weighted by molar-refractivity contribution is -0.126. The Labute approximate surface area is 171 Å². The maximum Gasteiger partial charge on any atom is 0.249 e. The predicted octanol–water partition coefficient (Wildman–Crippen LogP) is 3.41. The fraction of sp³-hybridized carbons (Fsp3) is 0.318. The SMILES string of the molecule is CCOc1ccc(NC(=O)CC(=O)NN=Cc2ccc(N(CC)CC)cc2)cc1. The number of nitrogens with one attached hydrogen (secondary N) is 2. The van der Waals surface area contributed by atoms with Crippen molar-refractivity contribution in [1.29, 1.82) is 0 Å². The van der Waals surface area contributed by atoms with Gasteiger partial charge in [0, 0.05) is 24.5 Å². The standard InChI is InChI=1S/C22H28N4O3/c1-4-26(5-2)19-11-7-17(8-12-19)16-23-25-22(28)15-21(27)24-18-9-13-20(14-10-18)29-6-3/h7-14,16H,4-6,15H2,1-3H3,(H,24,27)(H,25,28). The number of nitrogens with zero attached hydrogens (tertiary/aromatic N) is 2. The topological polar surface area (TPSA) is 83.0 Å². The van der Waals surface area contributed by atoms with Crippen molar-refractivity contribution in [2.45, 2.75) is 27.2 Å². The van der Waals surface area contributed by atoms with E-state index in [4.69, 9.17) is 4.74 Å². The highest BCUT2D eigenvalue weighted by atomic mass is 16.5. The van der Waals surface area contributed by atoms with E-state index < -0.39 is 11.8 Å². The summed E-state index contributed by atoms with van der Waals surface area (Å²) in [5.41, 5.74) is 4.97. The number of carbonyl (C=O) groups is 2. The van der Waals surface area contributed by atoms with Crippen LogP contribution in [-0.2, 0) is 9.59 Å². The molecule has 2 N–H and O–H groups in total. The number of carbonyl (C=O) groups excluding carboxylic acids is 2. The molecule has 29 heavy (non-hydrogen) atoms. The minimum absolute atomic E-state index is 0.314. The van der Waals surface area contributed by atoms with Crippen molar-refractivity contribution in [3.05, 3.63) is 54.1 Å². The van der Waals surface area contributed by atoms with Gasteiger partial charge in [-0.15, -0.1) is 0 Å². The molecule has 0 aliphatic carbocycles. The molecule has 0 unspecified atom stereocenters. The van der Waals surface area contributed by atoms with Gasteiger partial charge in [0.2, 0.25) is 11.8 Å². The van der Waals surface area contributed by atoms with Crippen molar-refractivity contribution in [2.75, 3.05) is 29.9 Å². The summed E-state index contributed by atoms with van der Waals surface area (Å²) in [4.78, 5) is 26.1. The molecule has 0 bridgehead atoms. The second-order valence-electron chi connectivity index (χ2n) is 6.24. The summed E-state index contributed by atoms with van der Waals surface area (Å²) in [5, 5.41) is 6.58. The second kappa shape index (κ2) is 11.5. The zero-order valence-electron chi connectivity index (χ0n) is 17.1. The van der Waals surface area contributed by atoms with Crippen LogP contribution in [0.3, 0.4) is 0 Å². The summed E-state index contributed by atoms with van der Waals surface area (Å²) in [7, 11) is 0. The Morgan fingerprint density at radius 1 is 0.966 bits per heavy atom. The van der Waals surface area contributed by atoms with Gasteiger partial charge in [-0.1, -0.05) is 12.1 Å². The van der Waals surface area contributed by atoms with E-state index in [9.17, 15) is 9.59 Å². The van der Waals surface area contributed by atoms with E-state index in [2.05, 4.69) is 34.6 Å². The first kappa shape index (κ1) is 21.9. The lowest BCUT2D eigenvalue weighted by Gasteiger charge is -2.20. The van der Waals surface area contributed by atoms with Crippen molar-refractivity contribution >= 4 is 29.4 Å². The molecule has 0 saturated heterocycles. The first-order valence-electron chi connectivity index (χ1n) is 9.75. The van der Waals surface area contributed by atoms with Crippen LogP contribution < -0.4 is 20.4 Å². The van der Waals surface area contributed by atoms with Crippen LogP contribution in [0.2, 0.25) is 0 Å². The van der Waals surface area contributed by atoms with E-state index >= 15 is 0 Å². The Kier molecular flexibility index (Phi) is 8.69. The van der Waals surface area contributed by atoms with Crippen LogP contribution in [-0.4, -0.2) is 37.7 Å². The Balaban J connectivity index is 1.79. The lowest BCUT2D eigenvalue weighted by atomic mass is 10.2. The highest BCUT2D eigenvalue weighted by Gasteiger charge is 2.09. The van der Waals surface area contributed by atoms with Gasteiger partial charge in [0.15, 0.2) is 0 Å². The molecule has 0 radical (unpaired) electrons. The normalized spacial score (nSPS) is 10.6. The van der Waals surface area contributed by atoms with Gasteiger partial charge in [-0.3, -0.25) is 9.59 Å². The van der Waals surface area contributed by atoms with Gasteiger partial charge in [-0.25, -0.2) is 5.43 Å². The number of hydrogen-bond acceptors (Lipinski definition) is 5. The van der Waals surface area contributed by atoms with E-state index in [-0.39, 0.29) is 6.42 Å². The van der Waals surface area contributed by atoms with Gasteiger partial charge < -0.3 is 15.0 Å². The lowest BCUT2D eigenvalue weighted by Crippen LogP contribution is -2.24. The van der Waals surface area contributed by atoms with Gasteiger partial charge in [0.25, 0.3) is 0 Å². The van der Waals surface area contributed by atoms with E-state index in [0.29, 0.717) is 12.3 Å². The highest BCUT2D eigenvalue weighted by Crippen LogP contribution is 2.16. The molecule has 0 aliphatic rings. The fourth-order valence-electron chi connectivity index (χ4n) is 2.73. The first-order valence-corrected chi connectivity index (χ1v) is 9.75. The average Bonchev–Trinajstić information content (AvgIpc) is 2.71. The van der Waals surface area contributed by atoms with Crippen LogP contribution in [0, 0.1) is 0 Å². The van der Waals surface area contributed by atoms with Gasteiger partial charge >= 0.3 is 0 Å². The number of benzene rings is 2. The van der Waals surface area contributed by atoms with Crippen LogP contribution >= 0.6 is 0 Å². The Morgan fingerprint density at radius 2 is 1.62 bits per heavy atom. The zero-order valence-corrected chi connectivity index (χ0v) is 17.1. The van der Waals surface area contributed by atoms with E-state index in [1.165, 1.54) is 0 Å². The molecule has 0 spiro atoms. The maximum atomic E-state index is 12.0. The monoisotopic (exact) mass is 396 g/mol. The summed E-state index contributed by atoms with van der Waals surface area (Å²) < 4.78 is 5.35. The van der Waals surface area contributed by atoms with Gasteiger partial charge in [0.05, 0.1) is 12.8 Å². The number of amides is 2. The van der Waals surface area contributed by atoms with E-state index in [1.807, 2.05) is 31.2 Å².